The zero-order valence-electron chi connectivity index (χ0n) is 12.2. The predicted octanol–water partition coefficient (Wildman–Crippen LogP) is 3.09. The van der Waals surface area contributed by atoms with Gasteiger partial charge in [0.25, 0.3) is 0 Å². The van der Waals surface area contributed by atoms with E-state index in [4.69, 9.17) is 0 Å². The molecule has 0 amide bonds. The maximum atomic E-state index is 4.53. The average Bonchev–Trinajstić information content (AvgIpc) is 3.05. The number of thiazole rings is 1. The van der Waals surface area contributed by atoms with E-state index in [0.717, 1.165) is 18.7 Å². The molecule has 1 N–H and O–H groups in total. The van der Waals surface area contributed by atoms with Gasteiger partial charge in [-0.15, -0.1) is 11.3 Å². The summed E-state index contributed by atoms with van der Waals surface area (Å²) in [6.07, 6.45) is 8.76. The van der Waals surface area contributed by atoms with E-state index in [1.54, 1.807) is 11.3 Å². The van der Waals surface area contributed by atoms with Gasteiger partial charge in [-0.05, 0) is 33.1 Å². The topological polar surface area (TPSA) is 42.7 Å². The van der Waals surface area contributed by atoms with Crippen LogP contribution in [0.4, 0.5) is 0 Å². The van der Waals surface area contributed by atoms with Gasteiger partial charge >= 0.3 is 0 Å². The van der Waals surface area contributed by atoms with Gasteiger partial charge in [0.15, 0.2) is 0 Å². The fraction of sp³-hybridized carbons (Fsp3) is 0.600. The predicted molar refractivity (Wildman–Crippen MR) is 82.0 cm³/mol. The molecule has 2 unspecified atom stereocenters. The first-order valence-corrected chi connectivity index (χ1v) is 8.27. The smallest absolute Gasteiger partial charge is 0.0948 e. The van der Waals surface area contributed by atoms with Crippen molar-refractivity contribution < 1.29 is 0 Å². The standard InChI is InChI=1S/C15H22N4S/c1-11-4-3-5-13(17-11)14-8-16-10-19(14)7-6-15-18-12(2)9-20-15/h8-11,13,17H,3-7H2,1-2H3. The van der Waals surface area contributed by atoms with Crippen LogP contribution in [0.3, 0.4) is 0 Å². The second kappa shape index (κ2) is 6.06. The molecule has 3 rings (SSSR count). The molecule has 0 bridgehead atoms. The van der Waals surface area contributed by atoms with Gasteiger partial charge in [-0.25, -0.2) is 9.97 Å². The SMILES string of the molecule is Cc1csc(CCn2cncc2C2CCCC(C)N2)n1. The number of hydrogen-bond donors (Lipinski definition) is 1. The molecule has 4 nitrogen and oxygen atoms in total. The van der Waals surface area contributed by atoms with Crippen molar-refractivity contribution >= 4 is 11.3 Å². The maximum Gasteiger partial charge on any atom is 0.0948 e. The summed E-state index contributed by atoms with van der Waals surface area (Å²) in [5.74, 6) is 0. The van der Waals surface area contributed by atoms with Gasteiger partial charge in [-0.2, -0.15) is 0 Å². The van der Waals surface area contributed by atoms with Crippen LogP contribution in [0.2, 0.25) is 0 Å². The third-order valence-corrected chi connectivity index (χ3v) is 4.98. The third kappa shape index (κ3) is 3.10. The lowest BCUT2D eigenvalue weighted by molar-refractivity contribution is 0.329. The first-order valence-electron chi connectivity index (χ1n) is 7.39. The molecule has 20 heavy (non-hydrogen) atoms. The molecule has 0 spiro atoms. The van der Waals surface area contributed by atoms with Crippen LogP contribution >= 0.6 is 11.3 Å². The number of imidazole rings is 1. The van der Waals surface area contributed by atoms with E-state index in [1.807, 2.05) is 12.5 Å². The van der Waals surface area contributed by atoms with Crippen molar-refractivity contribution in [3.8, 4) is 0 Å². The minimum Gasteiger partial charge on any atom is -0.333 e. The van der Waals surface area contributed by atoms with E-state index in [0.29, 0.717) is 12.1 Å². The van der Waals surface area contributed by atoms with Crippen molar-refractivity contribution in [2.75, 3.05) is 0 Å². The second-order valence-electron chi connectivity index (χ2n) is 5.70. The largest absolute Gasteiger partial charge is 0.333 e. The van der Waals surface area contributed by atoms with Crippen LogP contribution < -0.4 is 5.32 Å². The van der Waals surface area contributed by atoms with Gasteiger partial charge in [0.1, 0.15) is 0 Å². The fourth-order valence-electron chi connectivity index (χ4n) is 2.91. The molecule has 2 atom stereocenters. The van der Waals surface area contributed by atoms with E-state index in [-0.39, 0.29) is 0 Å². The van der Waals surface area contributed by atoms with Gasteiger partial charge in [0, 0.05) is 42.3 Å². The van der Waals surface area contributed by atoms with E-state index in [1.165, 1.54) is 30.0 Å². The maximum absolute atomic E-state index is 4.53. The Labute approximate surface area is 124 Å². The fourth-order valence-corrected chi connectivity index (χ4v) is 3.68. The van der Waals surface area contributed by atoms with Gasteiger partial charge in [0.05, 0.1) is 17.0 Å². The molecule has 1 aliphatic heterocycles. The average molecular weight is 290 g/mol. The van der Waals surface area contributed by atoms with E-state index in [9.17, 15) is 0 Å². The molecule has 0 aliphatic carbocycles. The Balaban J connectivity index is 1.67. The minimum absolute atomic E-state index is 0.458. The number of hydrogen-bond acceptors (Lipinski definition) is 4. The Morgan fingerprint density at radius 1 is 1.45 bits per heavy atom. The molecule has 5 heteroatoms. The van der Waals surface area contributed by atoms with Crippen LogP contribution in [0.15, 0.2) is 17.9 Å². The lowest BCUT2D eigenvalue weighted by Crippen LogP contribution is -2.35. The molecule has 2 aromatic heterocycles. The van der Waals surface area contributed by atoms with Gasteiger partial charge in [0.2, 0.25) is 0 Å². The molecular formula is C15H22N4S. The normalized spacial score (nSPS) is 23.1. The van der Waals surface area contributed by atoms with Crippen LogP contribution in [-0.2, 0) is 13.0 Å². The van der Waals surface area contributed by atoms with Gasteiger partial charge in [-0.1, -0.05) is 0 Å². The molecule has 3 heterocycles. The number of aromatic nitrogens is 3. The van der Waals surface area contributed by atoms with Crippen molar-refractivity contribution in [2.45, 2.75) is 58.2 Å². The van der Waals surface area contributed by atoms with E-state index < -0.39 is 0 Å². The highest BCUT2D eigenvalue weighted by molar-refractivity contribution is 7.09. The minimum atomic E-state index is 0.458. The van der Waals surface area contributed by atoms with Crippen LogP contribution in [0, 0.1) is 6.92 Å². The summed E-state index contributed by atoms with van der Waals surface area (Å²) in [7, 11) is 0. The Kier molecular flexibility index (Phi) is 4.17. The molecule has 1 saturated heterocycles. The Morgan fingerprint density at radius 3 is 3.10 bits per heavy atom. The summed E-state index contributed by atoms with van der Waals surface area (Å²) < 4.78 is 2.28. The van der Waals surface area contributed by atoms with Gasteiger partial charge < -0.3 is 9.88 Å². The Bertz CT molecular complexity index is 560. The molecular weight excluding hydrogens is 268 g/mol. The quantitative estimate of drug-likeness (QED) is 0.941. The monoisotopic (exact) mass is 290 g/mol. The Hall–Kier alpha value is -1.20. The van der Waals surface area contributed by atoms with Crippen LogP contribution in [-0.4, -0.2) is 20.6 Å². The Morgan fingerprint density at radius 2 is 2.35 bits per heavy atom. The van der Waals surface area contributed by atoms with Crippen LogP contribution in [0.5, 0.6) is 0 Å². The first-order chi connectivity index (χ1) is 9.72. The summed E-state index contributed by atoms with van der Waals surface area (Å²) in [5, 5.41) is 7.02. The number of aryl methyl sites for hydroxylation is 3. The summed E-state index contributed by atoms with van der Waals surface area (Å²) in [6.45, 7) is 5.29. The molecule has 1 fully saturated rings. The van der Waals surface area contributed by atoms with E-state index in [2.05, 4.69) is 39.1 Å². The van der Waals surface area contributed by atoms with Crippen molar-refractivity contribution in [1.82, 2.24) is 19.9 Å². The number of piperidine rings is 1. The summed E-state index contributed by atoms with van der Waals surface area (Å²) in [6, 6.07) is 1.07. The molecule has 1 aliphatic rings. The number of nitrogens with zero attached hydrogens (tertiary/aromatic N) is 3. The van der Waals surface area contributed by atoms with Crippen LogP contribution in [0.25, 0.3) is 0 Å². The molecule has 0 saturated carbocycles. The van der Waals surface area contributed by atoms with Crippen molar-refractivity contribution in [1.29, 1.82) is 0 Å². The van der Waals surface area contributed by atoms with E-state index >= 15 is 0 Å². The zero-order valence-corrected chi connectivity index (χ0v) is 13.0. The summed E-state index contributed by atoms with van der Waals surface area (Å²) in [4.78, 5) is 8.88. The molecule has 2 aromatic rings. The highest BCUT2D eigenvalue weighted by Crippen LogP contribution is 2.25. The number of nitrogens with one attached hydrogen (secondary N) is 1. The lowest BCUT2D eigenvalue weighted by atomic mass is 9.97. The van der Waals surface area contributed by atoms with Gasteiger partial charge in [-0.3, -0.25) is 0 Å². The molecule has 108 valence electrons. The van der Waals surface area contributed by atoms with Crippen LogP contribution in [0.1, 0.15) is 48.6 Å². The first kappa shape index (κ1) is 13.8. The highest BCUT2D eigenvalue weighted by Gasteiger charge is 2.22. The molecule has 0 radical (unpaired) electrons. The zero-order chi connectivity index (χ0) is 13.9. The number of rotatable bonds is 4. The van der Waals surface area contributed by atoms with Crippen molar-refractivity contribution in [3.05, 3.63) is 34.3 Å². The van der Waals surface area contributed by atoms with Crippen molar-refractivity contribution in [3.63, 3.8) is 0 Å². The third-order valence-electron chi connectivity index (χ3n) is 3.95. The lowest BCUT2D eigenvalue weighted by Gasteiger charge is -2.29. The highest BCUT2D eigenvalue weighted by atomic mass is 32.1. The summed E-state index contributed by atoms with van der Waals surface area (Å²) >= 11 is 1.75. The van der Waals surface area contributed by atoms with Crippen molar-refractivity contribution in [2.24, 2.45) is 0 Å². The second-order valence-corrected chi connectivity index (χ2v) is 6.64. The summed E-state index contributed by atoms with van der Waals surface area (Å²) in [5.41, 5.74) is 2.45. The molecule has 0 aromatic carbocycles.